The van der Waals surface area contributed by atoms with E-state index in [9.17, 15) is 0 Å². The predicted molar refractivity (Wildman–Crippen MR) is 52.8 cm³/mol. The standard InChI is InChI=1S/C7H10ClN3S/c1-5(2)3-4-9-7-6(8)10-12-11-7/h1,3-4H2,2H3,(H,9,11). The van der Waals surface area contributed by atoms with Gasteiger partial charge >= 0.3 is 0 Å². The van der Waals surface area contributed by atoms with Crippen molar-refractivity contribution in [3.8, 4) is 0 Å². The van der Waals surface area contributed by atoms with E-state index in [0.29, 0.717) is 11.0 Å². The monoisotopic (exact) mass is 203 g/mol. The molecule has 0 atom stereocenters. The molecule has 1 heterocycles. The van der Waals surface area contributed by atoms with Crippen molar-refractivity contribution in [2.75, 3.05) is 11.9 Å². The predicted octanol–water partition coefficient (Wildman–Crippen LogP) is 2.57. The number of hydrogen-bond acceptors (Lipinski definition) is 4. The SMILES string of the molecule is C=C(C)CCNc1nsnc1Cl. The van der Waals surface area contributed by atoms with Crippen LogP contribution in [0.1, 0.15) is 13.3 Å². The molecule has 0 amide bonds. The summed E-state index contributed by atoms with van der Waals surface area (Å²) in [6.07, 6.45) is 0.924. The molecule has 1 N–H and O–H groups in total. The minimum absolute atomic E-state index is 0.446. The van der Waals surface area contributed by atoms with Crippen LogP contribution in [0.4, 0.5) is 5.82 Å². The van der Waals surface area contributed by atoms with E-state index in [1.54, 1.807) is 0 Å². The molecule has 66 valence electrons. The Hall–Kier alpha value is -0.610. The molecule has 0 bridgehead atoms. The number of nitrogens with one attached hydrogen (secondary N) is 1. The molecule has 0 spiro atoms. The van der Waals surface area contributed by atoms with E-state index in [0.717, 1.165) is 30.3 Å². The molecule has 0 saturated carbocycles. The van der Waals surface area contributed by atoms with Crippen LogP contribution in [0.5, 0.6) is 0 Å². The Labute approximate surface area is 80.8 Å². The Morgan fingerprint density at radius 1 is 1.67 bits per heavy atom. The van der Waals surface area contributed by atoms with Gasteiger partial charge in [-0.05, 0) is 13.3 Å². The fourth-order valence-electron chi connectivity index (χ4n) is 0.677. The highest BCUT2D eigenvalue weighted by molar-refractivity contribution is 6.99. The van der Waals surface area contributed by atoms with Crippen molar-refractivity contribution in [1.29, 1.82) is 0 Å². The highest BCUT2D eigenvalue weighted by atomic mass is 35.5. The number of halogens is 1. The van der Waals surface area contributed by atoms with Gasteiger partial charge in [0.1, 0.15) is 0 Å². The van der Waals surface area contributed by atoms with Crippen molar-refractivity contribution in [3.05, 3.63) is 17.3 Å². The van der Waals surface area contributed by atoms with Gasteiger partial charge in [-0.3, -0.25) is 0 Å². The lowest BCUT2D eigenvalue weighted by atomic mass is 10.2. The van der Waals surface area contributed by atoms with Gasteiger partial charge in [-0.2, -0.15) is 8.75 Å². The Balaban J connectivity index is 2.33. The molecule has 1 rings (SSSR count). The van der Waals surface area contributed by atoms with E-state index in [1.165, 1.54) is 0 Å². The quantitative estimate of drug-likeness (QED) is 0.765. The van der Waals surface area contributed by atoms with Crippen LogP contribution in [0.15, 0.2) is 12.2 Å². The van der Waals surface area contributed by atoms with Crippen molar-refractivity contribution in [2.24, 2.45) is 0 Å². The minimum atomic E-state index is 0.446. The van der Waals surface area contributed by atoms with Crippen LogP contribution in [0.25, 0.3) is 0 Å². The molecular formula is C7H10ClN3S. The largest absolute Gasteiger partial charge is 0.366 e. The molecule has 0 saturated heterocycles. The molecule has 1 aromatic heterocycles. The zero-order valence-electron chi connectivity index (χ0n) is 6.80. The fourth-order valence-corrected chi connectivity index (χ4v) is 1.36. The molecule has 0 aromatic carbocycles. The molecule has 0 unspecified atom stereocenters. The summed E-state index contributed by atoms with van der Waals surface area (Å²) in [5, 5.41) is 3.51. The molecule has 0 fully saturated rings. The normalized spacial score (nSPS) is 9.83. The molecule has 0 aliphatic carbocycles. The maximum atomic E-state index is 5.71. The van der Waals surface area contributed by atoms with E-state index in [2.05, 4.69) is 20.6 Å². The fraction of sp³-hybridized carbons (Fsp3) is 0.429. The molecule has 1 aromatic rings. The summed E-state index contributed by atoms with van der Waals surface area (Å²) in [5.74, 6) is 0.669. The highest BCUT2D eigenvalue weighted by Crippen LogP contribution is 2.17. The van der Waals surface area contributed by atoms with Gasteiger partial charge in [0.05, 0.1) is 11.7 Å². The number of anilines is 1. The van der Waals surface area contributed by atoms with Gasteiger partial charge in [-0.15, -0.1) is 6.58 Å². The Bertz CT molecular complexity index is 271. The first-order chi connectivity index (χ1) is 5.70. The minimum Gasteiger partial charge on any atom is -0.366 e. The molecule has 0 aliphatic heterocycles. The molecule has 0 radical (unpaired) electrons. The van der Waals surface area contributed by atoms with Crippen LogP contribution < -0.4 is 5.32 Å². The number of hydrogen-bond donors (Lipinski definition) is 1. The van der Waals surface area contributed by atoms with Crippen molar-refractivity contribution >= 4 is 29.1 Å². The van der Waals surface area contributed by atoms with E-state index in [4.69, 9.17) is 11.6 Å². The second-order valence-corrected chi connectivity index (χ2v) is 3.42. The summed E-state index contributed by atoms with van der Waals surface area (Å²) >= 11 is 6.82. The lowest BCUT2D eigenvalue weighted by Crippen LogP contribution is -2.01. The average Bonchev–Trinajstić information content (AvgIpc) is 2.36. The molecule has 5 heteroatoms. The van der Waals surface area contributed by atoms with Gasteiger partial charge in [0, 0.05) is 6.54 Å². The lowest BCUT2D eigenvalue weighted by molar-refractivity contribution is 0.996. The van der Waals surface area contributed by atoms with Gasteiger partial charge in [-0.25, -0.2) is 0 Å². The van der Waals surface area contributed by atoms with Crippen LogP contribution >= 0.6 is 23.3 Å². The molecule has 0 aliphatic rings. The van der Waals surface area contributed by atoms with Gasteiger partial charge in [-0.1, -0.05) is 17.2 Å². The van der Waals surface area contributed by atoms with Crippen molar-refractivity contribution < 1.29 is 0 Å². The Morgan fingerprint density at radius 3 is 2.92 bits per heavy atom. The van der Waals surface area contributed by atoms with Crippen molar-refractivity contribution in [2.45, 2.75) is 13.3 Å². The number of nitrogens with zero attached hydrogens (tertiary/aromatic N) is 2. The number of rotatable bonds is 4. The second kappa shape index (κ2) is 4.42. The third-order valence-electron chi connectivity index (χ3n) is 1.29. The van der Waals surface area contributed by atoms with Gasteiger partial charge in [0.2, 0.25) is 0 Å². The van der Waals surface area contributed by atoms with Crippen molar-refractivity contribution in [3.63, 3.8) is 0 Å². The van der Waals surface area contributed by atoms with Crippen LogP contribution in [0.2, 0.25) is 5.15 Å². The summed E-state index contributed by atoms with van der Waals surface area (Å²) in [5.41, 5.74) is 1.14. The Kier molecular flexibility index (Phi) is 3.49. The van der Waals surface area contributed by atoms with Crippen LogP contribution in [-0.2, 0) is 0 Å². The first-order valence-electron chi connectivity index (χ1n) is 3.56. The summed E-state index contributed by atoms with van der Waals surface area (Å²) in [7, 11) is 0. The zero-order chi connectivity index (χ0) is 8.97. The van der Waals surface area contributed by atoms with E-state index < -0.39 is 0 Å². The second-order valence-electron chi connectivity index (χ2n) is 2.54. The van der Waals surface area contributed by atoms with Crippen LogP contribution in [0, 0.1) is 0 Å². The summed E-state index contributed by atoms with van der Waals surface area (Å²) in [6.45, 7) is 6.58. The number of aromatic nitrogens is 2. The van der Waals surface area contributed by atoms with Crippen molar-refractivity contribution in [1.82, 2.24) is 8.75 Å². The highest BCUT2D eigenvalue weighted by Gasteiger charge is 2.02. The van der Waals surface area contributed by atoms with E-state index >= 15 is 0 Å². The first kappa shape index (κ1) is 9.48. The summed E-state index contributed by atoms with van der Waals surface area (Å²) in [4.78, 5) is 0. The van der Waals surface area contributed by atoms with Gasteiger partial charge in [0.25, 0.3) is 0 Å². The zero-order valence-corrected chi connectivity index (χ0v) is 8.37. The van der Waals surface area contributed by atoms with Crippen LogP contribution in [0.3, 0.4) is 0 Å². The molecule has 3 nitrogen and oxygen atoms in total. The summed E-state index contributed by atoms with van der Waals surface area (Å²) < 4.78 is 7.80. The molecular weight excluding hydrogens is 194 g/mol. The van der Waals surface area contributed by atoms with Crippen LogP contribution in [-0.4, -0.2) is 15.3 Å². The van der Waals surface area contributed by atoms with E-state index in [1.807, 2.05) is 6.92 Å². The maximum absolute atomic E-state index is 5.71. The maximum Gasteiger partial charge on any atom is 0.186 e. The smallest absolute Gasteiger partial charge is 0.186 e. The topological polar surface area (TPSA) is 37.8 Å². The average molecular weight is 204 g/mol. The van der Waals surface area contributed by atoms with Gasteiger partial charge < -0.3 is 5.32 Å². The van der Waals surface area contributed by atoms with Gasteiger partial charge in [0.15, 0.2) is 11.0 Å². The third kappa shape index (κ3) is 2.79. The summed E-state index contributed by atoms with van der Waals surface area (Å²) in [6, 6.07) is 0. The Morgan fingerprint density at radius 2 is 2.42 bits per heavy atom. The molecule has 12 heavy (non-hydrogen) atoms. The lowest BCUT2D eigenvalue weighted by Gasteiger charge is -2.01. The first-order valence-corrected chi connectivity index (χ1v) is 4.67. The van der Waals surface area contributed by atoms with E-state index in [-0.39, 0.29) is 0 Å². The third-order valence-corrected chi connectivity index (χ3v) is 2.18.